The lowest BCUT2D eigenvalue weighted by molar-refractivity contribution is -0.120. The number of carbonyl (C=O) groups is 1. The zero-order chi connectivity index (χ0) is 15.4. The van der Waals surface area contributed by atoms with Gasteiger partial charge in [0.25, 0.3) is 0 Å². The summed E-state index contributed by atoms with van der Waals surface area (Å²) in [5.74, 6) is 0.466. The predicted molar refractivity (Wildman–Crippen MR) is 91.6 cm³/mol. The van der Waals surface area contributed by atoms with Crippen molar-refractivity contribution >= 4 is 23.5 Å². The third-order valence-electron chi connectivity index (χ3n) is 4.57. The SMILES string of the molecule is O=C1CCCC1CCP(=O)(c1ccccc1)c1ccccc1. The molecule has 0 radical (unpaired) electrons. The number of Topliss-reactive ketones (excluding diaryl/α,β-unsaturated/α-hetero) is 1. The maximum atomic E-state index is 13.8. The molecular formula is C19H21O2P. The summed E-state index contributed by atoms with van der Waals surface area (Å²) < 4.78 is 13.8. The van der Waals surface area contributed by atoms with Crippen LogP contribution in [0.5, 0.6) is 0 Å². The van der Waals surface area contributed by atoms with Gasteiger partial charge in [-0.05, 0) is 19.3 Å². The molecule has 114 valence electrons. The van der Waals surface area contributed by atoms with Gasteiger partial charge < -0.3 is 4.57 Å². The summed E-state index contributed by atoms with van der Waals surface area (Å²) in [7, 11) is -2.66. The van der Waals surface area contributed by atoms with Gasteiger partial charge in [0.1, 0.15) is 12.9 Å². The van der Waals surface area contributed by atoms with E-state index < -0.39 is 7.14 Å². The number of hydrogen-bond donors (Lipinski definition) is 0. The zero-order valence-electron chi connectivity index (χ0n) is 12.7. The molecule has 2 aromatic carbocycles. The van der Waals surface area contributed by atoms with Gasteiger partial charge in [-0.25, -0.2) is 0 Å². The zero-order valence-corrected chi connectivity index (χ0v) is 13.5. The largest absolute Gasteiger partial charge is 0.314 e. The highest BCUT2D eigenvalue weighted by molar-refractivity contribution is 7.78. The monoisotopic (exact) mass is 312 g/mol. The van der Waals surface area contributed by atoms with E-state index in [1.807, 2.05) is 60.7 Å². The summed E-state index contributed by atoms with van der Waals surface area (Å²) in [5, 5.41) is 1.79. The van der Waals surface area contributed by atoms with Crippen molar-refractivity contribution in [3.05, 3.63) is 60.7 Å². The second kappa shape index (κ2) is 6.62. The van der Waals surface area contributed by atoms with E-state index in [1.165, 1.54) is 0 Å². The Bertz CT molecular complexity index is 636. The van der Waals surface area contributed by atoms with Gasteiger partial charge in [0.2, 0.25) is 0 Å². The molecule has 1 saturated carbocycles. The molecule has 1 aliphatic rings. The van der Waals surface area contributed by atoms with Crippen LogP contribution in [0.4, 0.5) is 0 Å². The summed E-state index contributed by atoms with van der Waals surface area (Å²) in [5.41, 5.74) is 0. The van der Waals surface area contributed by atoms with E-state index in [-0.39, 0.29) is 5.92 Å². The summed E-state index contributed by atoms with van der Waals surface area (Å²) in [6.45, 7) is 0. The predicted octanol–water partition coefficient (Wildman–Crippen LogP) is 3.76. The number of rotatable bonds is 5. The lowest BCUT2D eigenvalue weighted by Gasteiger charge is -2.20. The fourth-order valence-electron chi connectivity index (χ4n) is 3.28. The lowest BCUT2D eigenvalue weighted by atomic mass is 10.1. The molecular weight excluding hydrogens is 291 g/mol. The van der Waals surface area contributed by atoms with Crippen LogP contribution in [0.15, 0.2) is 60.7 Å². The Morgan fingerprint density at radius 1 is 0.909 bits per heavy atom. The highest BCUT2D eigenvalue weighted by Gasteiger charge is 2.31. The fraction of sp³-hybridized carbons (Fsp3) is 0.316. The Hall–Kier alpha value is -1.66. The van der Waals surface area contributed by atoms with Gasteiger partial charge in [-0.2, -0.15) is 0 Å². The van der Waals surface area contributed by atoms with Crippen LogP contribution in [0.1, 0.15) is 25.7 Å². The smallest absolute Gasteiger partial charge is 0.143 e. The van der Waals surface area contributed by atoms with Crippen molar-refractivity contribution in [3.63, 3.8) is 0 Å². The van der Waals surface area contributed by atoms with Gasteiger partial charge in [0.15, 0.2) is 0 Å². The fourth-order valence-corrected chi connectivity index (χ4v) is 6.07. The Balaban J connectivity index is 1.90. The van der Waals surface area contributed by atoms with E-state index >= 15 is 0 Å². The molecule has 0 heterocycles. The van der Waals surface area contributed by atoms with Crippen molar-refractivity contribution in [2.45, 2.75) is 25.7 Å². The van der Waals surface area contributed by atoms with Gasteiger partial charge in [0.05, 0.1) is 0 Å². The van der Waals surface area contributed by atoms with Crippen LogP contribution < -0.4 is 10.6 Å². The van der Waals surface area contributed by atoms with E-state index in [0.717, 1.165) is 29.9 Å². The molecule has 3 rings (SSSR count). The van der Waals surface area contributed by atoms with E-state index in [1.54, 1.807) is 0 Å². The number of benzene rings is 2. The number of ketones is 1. The van der Waals surface area contributed by atoms with Crippen molar-refractivity contribution in [2.75, 3.05) is 6.16 Å². The summed E-state index contributed by atoms with van der Waals surface area (Å²) in [6, 6.07) is 19.4. The molecule has 2 aromatic rings. The molecule has 22 heavy (non-hydrogen) atoms. The molecule has 0 spiro atoms. The van der Waals surface area contributed by atoms with Crippen molar-refractivity contribution in [3.8, 4) is 0 Å². The van der Waals surface area contributed by atoms with Crippen molar-refractivity contribution in [2.24, 2.45) is 5.92 Å². The van der Waals surface area contributed by atoms with Crippen molar-refractivity contribution < 1.29 is 9.36 Å². The van der Waals surface area contributed by atoms with Gasteiger partial charge in [-0.3, -0.25) is 4.79 Å². The van der Waals surface area contributed by atoms with Gasteiger partial charge in [0, 0.05) is 29.1 Å². The molecule has 2 nitrogen and oxygen atoms in total. The first kappa shape index (κ1) is 15.2. The highest BCUT2D eigenvalue weighted by Crippen LogP contribution is 2.45. The first-order valence-corrected chi connectivity index (χ1v) is 9.82. The van der Waals surface area contributed by atoms with E-state index in [0.29, 0.717) is 18.4 Å². The summed E-state index contributed by atoms with van der Waals surface area (Å²) in [6.07, 6.45) is 3.97. The van der Waals surface area contributed by atoms with Gasteiger partial charge in [-0.1, -0.05) is 60.7 Å². The Morgan fingerprint density at radius 2 is 1.45 bits per heavy atom. The molecule has 1 unspecified atom stereocenters. The maximum absolute atomic E-state index is 13.8. The molecule has 0 aliphatic heterocycles. The maximum Gasteiger partial charge on any atom is 0.143 e. The van der Waals surface area contributed by atoms with Gasteiger partial charge >= 0.3 is 0 Å². The van der Waals surface area contributed by atoms with Crippen LogP contribution in [0, 0.1) is 5.92 Å². The van der Waals surface area contributed by atoms with Crippen LogP contribution in [0.2, 0.25) is 0 Å². The first-order valence-electron chi connectivity index (χ1n) is 7.93. The summed E-state index contributed by atoms with van der Waals surface area (Å²) >= 11 is 0. The molecule has 3 heteroatoms. The third-order valence-corrected chi connectivity index (χ3v) is 7.72. The lowest BCUT2D eigenvalue weighted by Crippen LogP contribution is -2.20. The standard InChI is InChI=1S/C19H21O2P/c20-19-13-7-8-16(19)14-15-22(21,17-9-3-1-4-10-17)18-11-5-2-6-12-18/h1-6,9-12,16H,7-8,13-15H2. The minimum absolute atomic E-state index is 0.112. The number of carbonyl (C=O) groups excluding carboxylic acids is 1. The molecule has 1 atom stereocenters. The quantitative estimate of drug-likeness (QED) is 0.788. The summed E-state index contributed by atoms with van der Waals surface area (Å²) in [4.78, 5) is 11.9. The minimum atomic E-state index is -2.66. The average molecular weight is 312 g/mol. The average Bonchev–Trinajstić information content (AvgIpc) is 2.99. The molecule has 0 amide bonds. The Morgan fingerprint density at radius 3 is 1.91 bits per heavy atom. The second-order valence-electron chi connectivity index (χ2n) is 5.98. The molecule has 0 saturated heterocycles. The van der Waals surface area contributed by atoms with Crippen LogP contribution in [-0.2, 0) is 9.36 Å². The molecule has 1 fully saturated rings. The minimum Gasteiger partial charge on any atom is -0.314 e. The van der Waals surface area contributed by atoms with Gasteiger partial charge in [-0.15, -0.1) is 0 Å². The van der Waals surface area contributed by atoms with E-state index in [4.69, 9.17) is 0 Å². The van der Waals surface area contributed by atoms with Crippen LogP contribution in [0.25, 0.3) is 0 Å². The van der Waals surface area contributed by atoms with Crippen LogP contribution >= 0.6 is 7.14 Å². The first-order chi connectivity index (χ1) is 10.7. The Labute approximate surface area is 131 Å². The second-order valence-corrected chi connectivity index (χ2v) is 8.94. The normalized spacial score (nSPS) is 18.5. The molecule has 1 aliphatic carbocycles. The van der Waals surface area contributed by atoms with Crippen LogP contribution in [0.3, 0.4) is 0 Å². The molecule has 0 bridgehead atoms. The van der Waals surface area contributed by atoms with E-state index in [9.17, 15) is 9.36 Å². The van der Waals surface area contributed by atoms with E-state index in [2.05, 4.69) is 0 Å². The topological polar surface area (TPSA) is 34.1 Å². The number of hydrogen-bond acceptors (Lipinski definition) is 2. The van der Waals surface area contributed by atoms with Crippen LogP contribution in [-0.4, -0.2) is 11.9 Å². The van der Waals surface area contributed by atoms with Crippen molar-refractivity contribution in [1.29, 1.82) is 0 Å². The third kappa shape index (κ3) is 3.08. The highest BCUT2D eigenvalue weighted by atomic mass is 31.2. The Kier molecular flexibility index (Phi) is 4.59. The van der Waals surface area contributed by atoms with Crippen molar-refractivity contribution in [1.82, 2.24) is 0 Å². The molecule has 0 N–H and O–H groups in total. The molecule has 0 aromatic heterocycles.